The monoisotopic (exact) mass is 492 g/mol. The topological polar surface area (TPSA) is 0 Å². The van der Waals surface area contributed by atoms with Crippen LogP contribution in [0, 0.1) is 23.4 Å². The lowest BCUT2D eigenvalue weighted by molar-refractivity contribution is -0.142. The summed E-state index contributed by atoms with van der Waals surface area (Å²) in [6.45, 7) is 2.22. The normalized spacial score (nSPS) is 18.8. The van der Waals surface area contributed by atoms with Gasteiger partial charge >= 0.3 is 6.18 Å². The van der Waals surface area contributed by atoms with Gasteiger partial charge in [-0.25, -0.2) is 13.2 Å². The number of unbranched alkanes of at least 4 members (excludes halogenated alkanes) is 3. The van der Waals surface area contributed by atoms with E-state index >= 15 is 4.39 Å². The summed E-state index contributed by atoms with van der Waals surface area (Å²) < 4.78 is 82.0. The van der Waals surface area contributed by atoms with Gasteiger partial charge in [0.25, 0.3) is 0 Å². The van der Waals surface area contributed by atoms with Crippen molar-refractivity contribution in [2.45, 2.75) is 76.8 Å². The molecule has 1 fully saturated rings. The Hall–Kier alpha value is -2.50. The molecule has 188 valence electrons. The summed E-state index contributed by atoms with van der Waals surface area (Å²) in [4.78, 5) is 0. The second-order valence-electron chi connectivity index (χ2n) is 9.79. The van der Waals surface area contributed by atoms with E-state index in [-0.39, 0.29) is 16.5 Å². The van der Waals surface area contributed by atoms with E-state index in [1.165, 1.54) is 51.0 Å². The zero-order chi connectivity index (χ0) is 25.2. The maximum absolute atomic E-state index is 15.3. The first-order valence-electron chi connectivity index (χ1n) is 12.5. The van der Waals surface area contributed by atoms with Crippen LogP contribution in [0.2, 0.25) is 0 Å². The second kappa shape index (κ2) is 10.6. The highest BCUT2D eigenvalue weighted by atomic mass is 19.4. The molecule has 1 aliphatic carbocycles. The van der Waals surface area contributed by atoms with Crippen LogP contribution in [0.3, 0.4) is 0 Å². The minimum atomic E-state index is -5.17. The minimum absolute atomic E-state index is 0.139. The Kier molecular flexibility index (Phi) is 7.77. The van der Waals surface area contributed by atoms with Crippen LogP contribution in [-0.2, 0) is 6.18 Å². The van der Waals surface area contributed by atoms with Gasteiger partial charge in [-0.3, -0.25) is 0 Å². The summed E-state index contributed by atoms with van der Waals surface area (Å²) >= 11 is 0. The quantitative estimate of drug-likeness (QED) is 0.227. The zero-order valence-electron chi connectivity index (χ0n) is 19.8. The number of benzene rings is 3. The fourth-order valence-corrected chi connectivity index (χ4v) is 5.43. The molecule has 0 spiro atoms. The molecule has 0 heterocycles. The van der Waals surface area contributed by atoms with Crippen LogP contribution in [0.5, 0.6) is 0 Å². The number of hydrogen-bond donors (Lipinski definition) is 0. The summed E-state index contributed by atoms with van der Waals surface area (Å²) in [5.74, 6) is -3.02. The maximum atomic E-state index is 15.3. The van der Waals surface area contributed by atoms with E-state index in [1.54, 1.807) is 12.1 Å². The van der Waals surface area contributed by atoms with Crippen molar-refractivity contribution in [3.05, 3.63) is 71.0 Å². The Morgan fingerprint density at radius 2 is 1.49 bits per heavy atom. The van der Waals surface area contributed by atoms with Gasteiger partial charge in [0.1, 0.15) is 23.0 Å². The fraction of sp³-hybridized carbons (Fsp3) is 0.448. The molecule has 0 aromatic heterocycles. The summed E-state index contributed by atoms with van der Waals surface area (Å²) in [5.41, 5.74) is -1.22. The molecule has 35 heavy (non-hydrogen) atoms. The van der Waals surface area contributed by atoms with Gasteiger partial charge in [0.2, 0.25) is 0 Å². The molecule has 0 unspecified atom stereocenters. The average molecular weight is 493 g/mol. The van der Waals surface area contributed by atoms with Gasteiger partial charge in [-0.1, -0.05) is 69.4 Å². The lowest BCUT2D eigenvalue weighted by Crippen LogP contribution is -2.13. The molecule has 0 radical (unpaired) electrons. The molecular formula is C29H30F6. The van der Waals surface area contributed by atoms with Crippen molar-refractivity contribution in [3.8, 4) is 11.1 Å². The first-order chi connectivity index (χ1) is 16.7. The maximum Gasteiger partial charge on any atom is 0.422 e. The molecule has 4 rings (SSSR count). The van der Waals surface area contributed by atoms with Gasteiger partial charge in [-0.2, -0.15) is 13.2 Å². The van der Waals surface area contributed by atoms with Crippen molar-refractivity contribution < 1.29 is 26.3 Å². The lowest BCUT2D eigenvalue weighted by Gasteiger charge is -2.29. The van der Waals surface area contributed by atoms with Crippen molar-refractivity contribution in [2.75, 3.05) is 0 Å². The van der Waals surface area contributed by atoms with Crippen LogP contribution in [0.4, 0.5) is 26.3 Å². The number of halogens is 6. The molecule has 3 aromatic rings. The highest BCUT2D eigenvalue weighted by Gasteiger charge is 2.38. The molecule has 0 N–H and O–H groups in total. The van der Waals surface area contributed by atoms with Crippen LogP contribution >= 0.6 is 0 Å². The molecule has 6 heteroatoms. The summed E-state index contributed by atoms with van der Waals surface area (Å²) in [5, 5.41) is 0.940. The molecule has 0 saturated heterocycles. The van der Waals surface area contributed by atoms with E-state index in [2.05, 4.69) is 6.92 Å². The summed E-state index contributed by atoms with van der Waals surface area (Å²) in [6, 6.07) is 9.62. The smallest absolute Gasteiger partial charge is 0.206 e. The molecule has 1 aliphatic rings. The van der Waals surface area contributed by atoms with E-state index in [1.807, 2.05) is 12.1 Å². The Bertz CT molecular complexity index is 1150. The minimum Gasteiger partial charge on any atom is -0.206 e. The highest BCUT2D eigenvalue weighted by molar-refractivity contribution is 5.89. The van der Waals surface area contributed by atoms with E-state index < -0.39 is 29.2 Å². The van der Waals surface area contributed by atoms with Crippen molar-refractivity contribution in [2.24, 2.45) is 5.92 Å². The summed E-state index contributed by atoms with van der Waals surface area (Å²) in [7, 11) is 0. The Balaban J connectivity index is 1.52. The Labute approximate surface area is 202 Å². The molecular weight excluding hydrogens is 462 g/mol. The Morgan fingerprint density at radius 3 is 2.11 bits per heavy atom. The Morgan fingerprint density at radius 1 is 0.800 bits per heavy atom. The number of alkyl halides is 3. The van der Waals surface area contributed by atoms with E-state index in [4.69, 9.17) is 0 Å². The van der Waals surface area contributed by atoms with Crippen molar-refractivity contribution in [3.63, 3.8) is 0 Å². The predicted octanol–water partition coefficient (Wildman–Crippen LogP) is 10.2. The van der Waals surface area contributed by atoms with E-state index in [0.717, 1.165) is 24.3 Å². The van der Waals surface area contributed by atoms with Gasteiger partial charge < -0.3 is 0 Å². The number of hydrogen-bond acceptors (Lipinski definition) is 0. The average Bonchev–Trinajstić information content (AvgIpc) is 2.81. The molecule has 0 amide bonds. The van der Waals surface area contributed by atoms with Crippen molar-refractivity contribution in [1.82, 2.24) is 0 Å². The van der Waals surface area contributed by atoms with Crippen molar-refractivity contribution in [1.29, 1.82) is 0 Å². The zero-order valence-corrected chi connectivity index (χ0v) is 19.8. The standard InChI is InChI=1S/C29H30F6/c1-2-3-4-5-6-18-7-9-19(10-8-18)20-11-13-23-21(15-20)12-14-24(28(23)32)22-16-25(30)27(26(31)17-22)29(33,34)35/h11-19H,2-10H2,1H3. The molecule has 0 bridgehead atoms. The predicted molar refractivity (Wildman–Crippen MR) is 128 cm³/mol. The van der Waals surface area contributed by atoms with Crippen LogP contribution in [0.25, 0.3) is 21.9 Å². The third-order valence-corrected chi connectivity index (χ3v) is 7.40. The van der Waals surface area contributed by atoms with Gasteiger partial charge in [-0.05, 0) is 66.2 Å². The lowest BCUT2D eigenvalue weighted by atomic mass is 9.76. The fourth-order valence-electron chi connectivity index (χ4n) is 5.43. The molecule has 3 aromatic carbocycles. The first kappa shape index (κ1) is 25.6. The third-order valence-electron chi connectivity index (χ3n) is 7.40. The highest BCUT2D eigenvalue weighted by Crippen LogP contribution is 2.40. The van der Waals surface area contributed by atoms with Crippen LogP contribution in [0.15, 0.2) is 42.5 Å². The SMILES string of the molecule is CCCCCCC1CCC(c2ccc3c(F)c(-c4cc(F)c(C(F)(F)F)c(F)c4)ccc3c2)CC1. The van der Waals surface area contributed by atoms with Crippen LogP contribution < -0.4 is 0 Å². The largest absolute Gasteiger partial charge is 0.422 e. The van der Waals surface area contributed by atoms with Gasteiger partial charge in [0, 0.05) is 10.9 Å². The van der Waals surface area contributed by atoms with Gasteiger partial charge in [0.05, 0.1) is 0 Å². The van der Waals surface area contributed by atoms with Gasteiger partial charge in [-0.15, -0.1) is 0 Å². The molecule has 0 aliphatic heterocycles. The molecule has 0 nitrogen and oxygen atoms in total. The van der Waals surface area contributed by atoms with Crippen molar-refractivity contribution >= 4 is 10.8 Å². The van der Waals surface area contributed by atoms with Gasteiger partial charge in [0.15, 0.2) is 0 Å². The third kappa shape index (κ3) is 5.68. The molecule has 1 saturated carbocycles. The van der Waals surface area contributed by atoms with Crippen LogP contribution in [0.1, 0.15) is 81.8 Å². The summed E-state index contributed by atoms with van der Waals surface area (Å²) in [6.07, 6.45) is 5.89. The second-order valence-corrected chi connectivity index (χ2v) is 9.79. The molecule has 0 atom stereocenters. The van der Waals surface area contributed by atoms with Crippen LogP contribution in [-0.4, -0.2) is 0 Å². The number of fused-ring (bicyclic) bond motifs is 1. The first-order valence-corrected chi connectivity index (χ1v) is 12.5. The number of rotatable bonds is 7. The van der Waals surface area contributed by atoms with E-state index in [0.29, 0.717) is 23.4 Å². The van der Waals surface area contributed by atoms with E-state index in [9.17, 15) is 22.0 Å².